The maximum absolute atomic E-state index is 10.5. The van der Waals surface area contributed by atoms with Gasteiger partial charge in [-0.05, 0) is 42.4 Å². The van der Waals surface area contributed by atoms with Crippen molar-refractivity contribution in [3.8, 4) is 0 Å². The summed E-state index contributed by atoms with van der Waals surface area (Å²) in [6.07, 6.45) is 1.95. The highest BCUT2D eigenvalue weighted by Gasteiger charge is 2.06. The van der Waals surface area contributed by atoms with Gasteiger partial charge in [-0.25, -0.2) is 0 Å². The molecule has 0 saturated heterocycles. The minimum Gasteiger partial charge on any atom is -0.298 e. The molecule has 3 aromatic rings. The standard InChI is InChI=1S/C15H16ClN.C7H8O3S/c1-17(11-5-10-16)12-14-8-4-7-13-6-2-3-9-15(13)14;1-6-2-4-7(5-3-6)11(8,9)10/h2-10H,11-12H2,1H3;2-5H,1H3,(H,8,9,10). The lowest BCUT2D eigenvalue weighted by Crippen LogP contribution is -2.17. The summed E-state index contributed by atoms with van der Waals surface area (Å²) < 4.78 is 29.6. The Labute approximate surface area is 171 Å². The second kappa shape index (κ2) is 10.4. The van der Waals surface area contributed by atoms with Crippen LogP contribution in [-0.2, 0) is 16.7 Å². The Hall–Kier alpha value is -2.18. The molecule has 0 aliphatic carbocycles. The number of hydrogen-bond acceptors (Lipinski definition) is 3. The summed E-state index contributed by atoms with van der Waals surface area (Å²) in [6, 6.07) is 20.9. The Balaban J connectivity index is 0.000000221. The average Bonchev–Trinajstić information content (AvgIpc) is 2.67. The van der Waals surface area contributed by atoms with Crippen molar-refractivity contribution >= 4 is 32.5 Å². The molecule has 0 heterocycles. The number of fused-ring (bicyclic) bond motifs is 1. The molecule has 3 aromatic carbocycles. The summed E-state index contributed by atoms with van der Waals surface area (Å²) >= 11 is 5.54. The van der Waals surface area contributed by atoms with Crippen molar-refractivity contribution in [3.63, 3.8) is 0 Å². The van der Waals surface area contributed by atoms with Gasteiger partial charge >= 0.3 is 0 Å². The normalized spacial score (nSPS) is 11.6. The van der Waals surface area contributed by atoms with Crippen molar-refractivity contribution < 1.29 is 13.0 Å². The fraction of sp³-hybridized carbons (Fsp3) is 0.182. The van der Waals surface area contributed by atoms with Crippen LogP contribution >= 0.6 is 11.6 Å². The third-order valence-corrected chi connectivity index (χ3v) is 5.19. The first-order chi connectivity index (χ1) is 13.3. The third-order valence-electron chi connectivity index (χ3n) is 4.15. The Morgan fingerprint density at radius 3 is 2.29 bits per heavy atom. The molecule has 0 aliphatic rings. The minimum absolute atomic E-state index is 0.0666. The molecule has 0 aromatic heterocycles. The minimum atomic E-state index is -4.02. The van der Waals surface area contributed by atoms with Crippen molar-refractivity contribution in [3.05, 3.63) is 89.5 Å². The molecule has 0 unspecified atom stereocenters. The van der Waals surface area contributed by atoms with Crippen LogP contribution in [0.25, 0.3) is 10.8 Å². The SMILES string of the molecule is CN(CC=CCl)Cc1cccc2ccccc12.Cc1ccc(S(=O)(=O)O)cc1. The van der Waals surface area contributed by atoms with Gasteiger partial charge in [0.1, 0.15) is 0 Å². The van der Waals surface area contributed by atoms with Crippen molar-refractivity contribution in [1.29, 1.82) is 0 Å². The van der Waals surface area contributed by atoms with Crippen LogP contribution in [0.3, 0.4) is 0 Å². The van der Waals surface area contributed by atoms with Crippen LogP contribution in [0.4, 0.5) is 0 Å². The predicted octanol–water partition coefficient (Wildman–Crippen LogP) is 5.27. The van der Waals surface area contributed by atoms with Crippen LogP contribution in [0, 0.1) is 6.92 Å². The fourth-order valence-electron chi connectivity index (χ4n) is 2.72. The molecule has 0 fully saturated rings. The van der Waals surface area contributed by atoms with Gasteiger partial charge in [-0.2, -0.15) is 8.42 Å². The van der Waals surface area contributed by atoms with E-state index in [4.69, 9.17) is 16.2 Å². The summed E-state index contributed by atoms with van der Waals surface area (Å²) in [7, 11) is -1.92. The number of aryl methyl sites for hydroxylation is 1. The number of likely N-dealkylation sites (N-methyl/N-ethyl adjacent to an activating group) is 1. The number of nitrogens with zero attached hydrogens (tertiary/aromatic N) is 1. The summed E-state index contributed by atoms with van der Waals surface area (Å²) in [5, 5.41) is 2.63. The Morgan fingerprint density at radius 2 is 1.64 bits per heavy atom. The lowest BCUT2D eigenvalue weighted by atomic mass is 10.0. The molecule has 0 aliphatic heterocycles. The Kier molecular flexibility index (Phi) is 8.20. The second-order valence-electron chi connectivity index (χ2n) is 6.48. The van der Waals surface area contributed by atoms with Gasteiger partial charge in [-0.15, -0.1) is 0 Å². The first kappa shape index (κ1) is 22.1. The first-order valence-corrected chi connectivity index (χ1v) is 10.6. The van der Waals surface area contributed by atoms with Crippen LogP contribution in [0.2, 0.25) is 0 Å². The van der Waals surface area contributed by atoms with Crippen LogP contribution < -0.4 is 0 Å². The van der Waals surface area contributed by atoms with Gasteiger partial charge in [0.15, 0.2) is 0 Å². The van der Waals surface area contributed by atoms with E-state index in [1.54, 1.807) is 17.7 Å². The molecular formula is C22H24ClNO3S. The highest BCUT2D eigenvalue weighted by molar-refractivity contribution is 7.85. The molecule has 0 saturated carbocycles. The quantitative estimate of drug-likeness (QED) is 0.575. The van der Waals surface area contributed by atoms with E-state index in [1.807, 2.05) is 13.0 Å². The lowest BCUT2D eigenvalue weighted by molar-refractivity contribution is 0.365. The molecular weight excluding hydrogens is 394 g/mol. The van der Waals surface area contributed by atoms with E-state index < -0.39 is 10.1 Å². The van der Waals surface area contributed by atoms with E-state index >= 15 is 0 Å². The summed E-state index contributed by atoms with van der Waals surface area (Å²) in [6.45, 7) is 3.64. The molecule has 1 N–H and O–H groups in total. The summed E-state index contributed by atoms with van der Waals surface area (Å²) in [5.74, 6) is 0. The van der Waals surface area contributed by atoms with E-state index in [1.165, 1.54) is 28.5 Å². The van der Waals surface area contributed by atoms with E-state index in [9.17, 15) is 8.42 Å². The van der Waals surface area contributed by atoms with Gasteiger partial charge in [0.05, 0.1) is 4.90 Å². The molecule has 0 atom stereocenters. The molecule has 4 nitrogen and oxygen atoms in total. The Morgan fingerprint density at radius 1 is 1.00 bits per heavy atom. The number of benzene rings is 3. The fourth-order valence-corrected chi connectivity index (χ4v) is 3.28. The zero-order valence-electron chi connectivity index (χ0n) is 15.9. The van der Waals surface area contributed by atoms with E-state index in [2.05, 4.69) is 54.4 Å². The highest BCUT2D eigenvalue weighted by atomic mass is 35.5. The van der Waals surface area contributed by atoms with Crippen LogP contribution in [0.1, 0.15) is 11.1 Å². The zero-order valence-corrected chi connectivity index (χ0v) is 17.5. The molecule has 3 rings (SSSR count). The topological polar surface area (TPSA) is 57.6 Å². The van der Waals surface area contributed by atoms with Crippen molar-refractivity contribution in [2.24, 2.45) is 0 Å². The molecule has 148 valence electrons. The van der Waals surface area contributed by atoms with E-state index in [0.717, 1.165) is 18.7 Å². The highest BCUT2D eigenvalue weighted by Crippen LogP contribution is 2.19. The van der Waals surface area contributed by atoms with Crippen molar-refractivity contribution in [2.45, 2.75) is 18.4 Å². The van der Waals surface area contributed by atoms with Crippen LogP contribution in [-0.4, -0.2) is 31.5 Å². The number of halogens is 1. The molecule has 0 spiro atoms. The molecule has 0 amide bonds. The third kappa shape index (κ3) is 6.77. The van der Waals surface area contributed by atoms with Crippen molar-refractivity contribution in [2.75, 3.05) is 13.6 Å². The number of hydrogen-bond donors (Lipinski definition) is 1. The van der Waals surface area contributed by atoms with Gasteiger partial charge in [-0.3, -0.25) is 9.45 Å². The second-order valence-corrected chi connectivity index (χ2v) is 8.16. The largest absolute Gasteiger partial charge is 0.298 e. The summed E-state index contributed by atoms with van der Waals surface area (Å²) in [5.41, 5.74) is 3.88. The monoisotopic (exact) mass is 417 g/mol. The van der Waals surface area contributed by atoms with Gasteiger partial charge in [0.25, 0.3) is 10.1 Å². The maximum atomic E-state index is 10.5. The maximum Gasteiger partial charge on any atom is 0.294 e. The zero-order chi connectivity index (χ0) is 20.6. The van der Waals surface area contributed by atoms with E-state index in [-0.39, 0.29) is 4.90 Å². The van der Waals surface area contributed by atoms with Gasteiger partial charge in [-0.1, -0.05) is 77.8 Å². The molecule has 28 heavy (non-hydrogen) atoms. The number of rotatable bonds is 5. The van der Waals surface area contributed by atoms with Crippen LogP contribution in [0.5, 0.6) is 0 Å². The van der Waals surface area contributed by atoms with Gasteiger partial charge < -0.3 is 0 Å². The predicted molar refractivity (Wildman–Crippen MR) is 116 cm³/mol. The summed E-state index contributed by atoms with van der Waals surface area (Å²) in [4.78, 5) is 2.17. The van der Waals surface area contributed by atoms with E-state index in [0.29, 0.717) is 0 Å². The first-order valence-electron chi connectivity index (χ1n) is 8.76. The van der Waals surface area contributed by atoms with Crippen LogP contribution in [0.15, 0.2) is 83.2 Å². The molecule has 6 heteroatoms. The molecule has 0 bridgehead atoms. The lowest BCUT2D eigenvalue weighted by Gasteiger charge is -2.15. The average molecular weight is 418 g/mol. The van der Waals surface area contributed by atoms with Gasteiger partial charge in [0, 0.05) is 18.6 Å². The smallest absolute Gasteiger partial charge is 0.294 e. The Bertz CT molecular complexity index is 1030. The van der Waals surface area contributed by atoms with Crippen molar-refractivity contribution in [1.82, 2.24) is 4.90 Å². The van der Waals surface area contributed by atoms with Gasteiger partial charge in [0.2, 0.25) is 0 Å². The molecule has 0 radical (unpaired) electrons.